The average molecular weight is 306 g/mol. The third-order valence-corrected chi connectivity index (χ3v) is 4.19. The van der Waals surface area contributed by atoms with E-state index in [2.05, 4.69) is 5.16 Å². The van der Waals surface area contributed by atoms with Gasteiger partial charge in [0.2, 0.25) is 10.0 Å². The molecule has 0 aromatic carbocycles. The van der Waals surface area contributed by atoms with Gasteiger partial charge in [-0.15, -0.1) is 0 Å². The first-order chi connectivity index (χ1) is 9.15. The fourth-order valence-corrected chi connectivity index (χ4v) is 3.16. The zero-order valence-electron chi connectivity index (χ0n) is 10.8. The lowest BCUT2D eigenvalue weighted by Gasteiger charge is -2.13. The number of aromatic nitrogens is 1. The molecule has 1 atom stereocenters. The summed E-state index contributed by atoms with van der Waals surface area (Å²) in [4.78, 5) is 21.2. The second-order valence-corrected chi connectivity index (χ2v) is 5.75. The highest BCUT2D eigenvalue weighted by Crippen LogP contribution is 2.19. The molecule has 0 aliphatic carbocycles. The molecular formula is C10H14N2O7S. The van der Waals surface area contributed by atoms with Crippen molar-refractivity contribution in [2.75, 3.05) is 0 Å². The molecular weight excluding hydrogens is 292 g/mol. The summed E-state index contributed by atoms with van der Waals surface area (Å²) in [5.74, 6) is -2.65. The molecule has 0 aliphatic rings. The number of aryl methyl sites for hydroxylation is 2. The lowest BCUT2D eigenvalue weighted by atomic mass is 10.2. The van der Waals surface area contributed by atoms with Gasteiger partial charge < -0.3 is 14.7 Å². The molecule has 112 valence electrons. The fourth-order valence-electron chi connectivity index (χ4n) is 1.61. The molecule has 1 aromatic heterocycles. The van der Waals surface area contributed by atoms with Crippen molar-refractivity contribution >= 4 is 22.0 Å². The van der Waals surface area contributed by atoms with Crippen LogP contribution in [0.4, 0.5) is 0 Å². The molecule has 1 heterocycles. The Labute approximate surface area is 114 Å². The van der Waals surface area contributed by atoms with E-state index in [1.54, 1.807) is 0 Å². The van der Waals surface area contributed by atoms with E-state index in [1.807, 2.05) is 4.72 Å². The number of nitrogens with zero attached hydrogens (tertiary/aromatic N) is 1. The molecule has 0 aliphatic heterocycles. The highest BCUT2D eigenvalue weighted by atomic mass is 32.2. The second-order valence-electron chi connectivity index (χ2n) is 4.10. The summed E-state index contributed by atoms with van der Waals surface area (Å²) < 4.78 is 30.8. The van der Waals surface area contributed by atoms with Crippen LogP contribution in [-0.4, -0.2) is 41.8 Å². The van der Waals surface area contributed by atoms with E-state index in [0.29, 0.717) is 0 Å². The van der Waals surface area contributed by atoms with Gasteiger partial charge in [0.05, 0.1) is 0 Å². The average Bonchev–Trinajstić information content (AvgIpc) is 2.64. The first-order valence-electron chi connectivity index (χ1n) is 5.55. The van der Waals surface area contributed by atoms with Crippen molar-refractivity contribution < 1.29 is 32.7 Å². The number of aliphatic carboxylic acids is 2. The minimum atomic E-state index is -4.15. The summed E-state index contributed by atoms with van der Waals surface area (Å²) >= 11 is 0. The molecule has 0 saturated carbocycles. The molecule has 9 nitrogen and oxygen atoms in total. The lowest BCUT2D eigenvalue weighted by molar-refractivity contribution is -0.140. The molecule has 20 heavy (non-hydrogen) atoms. The number of sulfonamides is 1. The van der Waals surface area contributed by atoms with Crippen LogP contribution in [-0.2, 0) is 19.6 Å². The molecule has 3 N–H and O–H groups in total. The topological polar surface area (TPSA) is 147 Å². The summed E-state index contributed by atoms with van der Waals surface area (Å²) in [5.41, 5.74) is 0.0948. The van der Waals surface area contributed by atoms with Crippen molar-refractivity contribution in [1.29, 1.82) is 0 Å². The van der Waals surface area contributed by atoms with Crippen LogP contribution in [0.3, 0.4) is 0 Å². The maximum Gasteiger partial charge on any atom is 0.321 e. The maximum absolute atomic E-state index is 12.1. The van der Waals surface area contributed by atoms with E-state index < -0.39 is 34.4 Å². The summed E-state index contributed by atoms with van der Waals surface area (Å²) in [6.07, 6.45) is -0.839. The molecule has 0 bridgehead atoms. The minimum Gasteiger partial charge on any atom is -0.481 e. The van der Waals surface area contributed by atoms with Gasteiger partial charge in [0, 0.05) is 6.42 Å². The third-order valence-electron chi connectivity index (χ3n) is 2.48. The van der Waals surface area contributed by atoms with Crippen molar-refractivity contribution in [2.45, 2.75) is 37.6 Å². The Balaban J connectivity index is 2.98. The van der Waals surface area contributed by atoms with Gasteiger partial charge in [0.15, 0.2) is 5.76 Å². The number of carboxylic acid groups (broad SMARTS) is 2. The Bertz CT molecular complexity index is 600. The van der Waals surface area contributed by atoms with Crippen LogP contribution in [0.2, 0.25) is 0 Å². The van der Waals surface area contributed by atoms with E-state index in [4.69, 9.17) is 14.7 Å². The number of hydrogen-bond acceptors (Lipinski definition) is 6. The van der Waals surface area contributed by atoms with Crippen molar-refractivity contribution in [3.63, 3.8) is 0 Å². The predicted octanol–water partition coefficient (Wildman–Crippen LogP) is -0.112. The predicted molar refractivity (Wildman–Crippen MR) is 64.6 cm³/mol. The van der Waals surface area contributed by atoms with Crippen LogP contribution in [0, 0.1) is 13.8 Å². The number of carbonyl (C=O) groups is 2. The van der Waals surface area contributed by atoms with Gasteiger partial charge in [-0.25, -0.2) is 8.42 Å². The van der Waals surface area contributed by atoms with Crippen LogP contribution in [0.1, 0.15) is 24.3 Å². The van der Waals surface area contributed by atoms with Crippen molar-refractivity contribution in [2.24, 2.45) is 0 Å². The van der Waals surface area contributed by atoms with E-state index >= 15 is 0 Å². The first-order valence-corrected chi connectivity index (χ1v) is 7.03. The zero-order valence-corrected chi connectivity index (χ0v) is 11.6. The molecule has 0 saturated heterocycles. The van der Waals surface area contributed by atoms with Gasteiger partial charge >= 0.3 is 11.9 Å². The first kappa shape index (κ1) is 16.1. The molecule has 0 radical (unpaired) electrons. The standard InChI is InChI=1S/C10H14N2O7S/c1-5-9(6(2)19-11-5)20(17,18)12-7(10(15)16)3-4-8(13)14/h7,12H,3-4H2,1-2H3,(H,13,14)(H,15,16)/t7-/m0/s1. The molecule has 0 fully saturated rings. The smallest absolute Gasteiger partial charge is 0.321 e. The van der Waals surface area contributed by atoms with Gasteiger partial charge in [-0.1, -0.05) is 5.16 Å². The fraction of sp³-hybridized carbons (Fsp3) is 0.500. The molecule has 0 unspecified atom stereocenters. The Morgan fingerprint density at radius 2 is 1.95 bits per heavy atom. The normalized spacial score (nSPS) is 13.1. The summed E-state index contributed by atoms with van der Waals surface area (Å²) in [7, 11) is -4.15. The van der Waals surface area contributed by atoms with Crippen LogP contribution < -0.4 is 4.72 Å². The molecule has 1 rings (SSSR count). The SMILES string of the molecule is Cc1noc(C)c1S(=O)(=O)N[C@@H](CCC(=O)O)C(=O)O. The van der Waals surface area contributed by atoms with Gasteiger partial charge in [0.25, 0.3) is 0 Å². The Hall–Kier alpha value is -1.94. The Morgan fingerprint density at radius 1 is 1.35 bits per heavy atom. The van der Waals surface area contributed by atoms with Crippen LogP contribution >= 0.6 is 0 Å². The van der Waals surface area contributed by atoms with E-state index in [0.717, 1.165) is 0 Å². The maximum atomic E-state index is 12.1. The van der Waals surface area contributed by atoms with Crippen LogP contribution in [0.5, 0.6) is 0 Å². The van der Waals surface area contributed by atoms with Crippen molar-refractivity contribution in [1.82, 2.24) is 9.88 Å². The van der Waals surface area contributed by atoms with Gasteiger partial charge in [-0.3, -0.25) is 9.59 Å². The van der Waals surface area contributed by atoms with E-state index in [-0.39, 0.29) is 22.8 Å². The van der Waals surface area contributed by atoms with Crippen LogP contribution in [0.15, 0.2) is 9.42 Å². The summed E-state index contributed by atoms with van der Waals surface area (Å²) in [5, 5.41) is 20.9. The monoisotopic (exact) mass is 306 g/mol. The number of hydrogen-bond donors (Lipinski definition) is 3. The lowest BCUT2D eigenvalue weighted by Crippen LogP contribution is -2.41. The Kier molecular flexibility index (Phi) is 4.84. The summed E-state index contributed by atoms with van der Waals surface area (Å²) in [6, 6.07) is -1.54. The Morgan fingerprint density at radius 3 is 2.35 bits per heavy atom. The van der Waals surface area contributed by atoms with Gasteiger partial charge in [-0.05, 0) is 20.3 Å². The summed E-state index contributed by atoms with van der Waals surface area (Å²) in [6.45, 7) is 2.78. The molecule has 0 amide bonds. The molecule has 10 heteroatoms. The highest BCUT2D eigenvalue weighted by molar-refractivity contribution is 7.89. The number of rotatable bonds is 7. The van der Waals surface area contributed by atoms with Crippen molar-refractivity contribution in [3.8, 4) is 0 Å². The van der Waals surface area contributed by atoms with Crippen molar-refractivity contribution in [3.05, 3.63) is 11.5 Å². The third kappa shape index (κ3) is 3.78. The minimum absolute atomic E-state index is 0.0253. The van der Waals surface area contributed by atoms with Crippen LogP contribution in [0.25, 0.3) is 0 Å². The van der Waals surface area contributed by atoms with E-state index in [1.165, 1.54) is 13.8 Å². The number of carboxylic acids is 2. The number of nitrogens with one attached hydrogen (secondary N) is 1. The van der Waals surface area contributed by atoms with E-state index in [9.17, 15) is 18.0 Å². The largest absolute Gasteiger partial charge is 0.481 e. The van der Waals surface area contributed by atoms with Gasteiger partial charge in [-0.2, -0.15) is 4.72 Å². The quantitative estimate of drug-likeness (QED) is 0.632. The molecule has 1 aromatic rings. The van der Waals surface area contributed by atoms with Gasteiger partial charge in [0.1, 0.15) is 16.6 Å². The highest BCUT2D eigenvalue weighted by Gasteiger charge is 2.30. The second kappa shape index (κ2) is 6.01. The zero-order chi connectivity index (χ0) is 15.5. The molecule has 0 spiro atoms.